The van der Waals surface area contributed by atoms with Gasteiger partial charge in [0.05, 0.1) is 0 Å². The number of Topliss-reactive ketones (excluding diaryl/α,β-unsaturated/α-hetero) is 1. The number of hydrogen-bond acceptors (Lipinski definition) is 2. The molecule has 3 rings (SSSR count). The molecule has 0 unspecified atom stereocenters. The van der Waals surface area contributed by atoms with Crippen LogP contribution in [0.2, 0.25) is 0 Å². The summed E-state index contributed by atoms with van der Waals surface area (Å²) in [6.07, 6.45) is 3.79. The van der Waals surface area contributed by atoms with E-state index in [-0.39, 0.29) is 11.2 Å². The number of aromatic amines is 1. The van der Waals surface area contributed by atoms with Crippen LogP contribution in [0.5, 0.6) is 0 Å². The van der Waals surface area contributed by atoms with Crippen molar-refractivity contribution in [3.8, 4) is 0 Å². The Kier molecular flexibility index (Phi) is 4.43. The van der Waals surface area contributed by atoms with Crippen LogP contribution in [0.4, 0.5) is 0 Å². The zero-order valence-corrected chi connectivity index (χ0v) is 15.9. The van der Waals surface area contributed by atoms with E-state index in [1.54, 1.807) is 6.92 Å². The molecule has 0 spiro atoms. The quantitative estimate of drug-likeness (QED) is 0.450. The molecule has 0 saturated carbocycles. The Hall–Kier alpha value is -2.90. The molecular weight excluding hydrogens is 320 g/mol. The van der Waals surface area contributed by atoms with Gasteiger partial charge >= 0.3 is 0 Å². The Balaban J connectivity index is 2.40. The van der Waals surface area contributed by atoms with Crippen LogP contribution in [-0.2, 0) is 5.41 Å². The first-order chi connectivity index (χ1) is 12.4. The third-order valence-corrected chi connectivity index (χ3v) is 5.10. The minimum Gasteiger partial charge on any atom is -0.357 e. The first-order valence-corrected chi connectivity index (χ1v) is 8.81. The van der Waals surface area contributed by atoms with Crippen LogP contribution in [0.3, 0.4) is 0 Å². The van der Waals surface area contributed by atoms with Gasteiger partial charge in [0.25, 0.3) is 0 Å². The summed E-state index contributed by atoms with van der Waals surface area (Å²) in [5.74, 6) is 0.0545. The predicted molar refractivity (Wildman–Crippen MR) is 110 cm³/mol. The van der Waals surface area contributed by atoms with Crippen molar-refractivity contribution in [3.63, 3.8) is 0 Å². The van der Waals surface area contributed by atoms with Crippen molar-refractivity contribution in [2.45, 2.75) is 33.1 Å². The van der Waals surface area contributed by atoms with Gasteiger partial charge in [-0.05, 0) is 25.5 Å². The van der Waals surface area contributed by atoms with Crippen LogP contribution in [-0.4, -0.2) is 23.5 Å². The molecule has 1 aromatic heterocycles. The Labute approximate surface area is 154 Å². The first-order valence-electron chi connectivity index (χ1n) is 8.81. The summed E-state index contributed by atoms with van der Waals surface area (Å²) >= 11 is 0. The first kappa shape index (κ1) is 17.9. The highest BCUT2D eigenvalue weighted by molar-refractivity contribution is 6.11. The molecule has 26 heavy (non-hydrogen) atoms. The Morgan fingerprint density at radius 1 is 1.38 bits per heavy atom. The summed E-state index contributed by atoms with van der Waals surface area (Å²) in [6, 6.07) is 5.79. The van der Waals surface area contributed by atoms with Gasteiger partial charge in [0.2, 0.25) is 0 Å². The number of nitrogens with zero attached hydrogens (tertiary/aromatic N) is 1. The number of carbonyl (C=O) groups is 1. The number of ketones is 1. The van der Waals surface area contributed by atoms with Crippen LogP contribution in [0.1, 0.15) is 49.3 Å². The summed E-state index contributed by atoms with van der Waals surface area (Å²) in [5.41, 5.74) is 9.67. The van der Waals surface area contributed by atoms with E-state index < -0.39 is 0 Å². The molecule has 1 heterocycles. The van der Waals surface area contributed by atoms with Crippen molar-refractivity contribution in [2.75, 3.05) is 6.54 Å². The number of rotatable bonds is 4. The second kappa shape index (κ2) is 6.44. The highest BCUT2D eigenvalue weighted by Crippen LogP contribution is 2.48. The van der Waals surface area contributed by atoms with Gasteiger partial charge in [-0.3, -0.25) is 9.79 Å². The molecule has 0 atom stereocenters. The second-order valence-electron chi connectivity index (χ2n) is 7.03. The average Bonchev–Trinajstić information content (AvgIpc) is 2.99. The maximum atomic E-state index is 11.8. The highest BCUT2D eigenvalue weighted by Gasteiger charge is 2.37. The molecule has 1 aliphatic carbocycles. The summed E-state index contributed by atoms with van der Waals surface area (Å²) in [6.45, 7) is 16.6. The number of carbonyl (C=O) groups excluding carboxylic acids is 1. The number of benzene rings is 1. The van der Waals surface area contributed by atoms with E-state index in [2.05, 4.69) is 42.7 Å². The predicted octanol–water partition coefficient (Wildman–Crippen LogP) is 5.40. The number of allylic oxidation sites excluding steroid dienone is 4. The highest BCUT2D eigenvalue weighted by atomic mass is 16.1. The van der Waals surface area contributed by atoms with Crippen LogP contribution in [0.15, 0.2) is 59.3 Å². The maximum Gasteiger partial charge on any atom is 0.159 e. The molecule has 132 valence electrons. The van der Waals surface area contributed by atoms with Crippen LogP contribution in [0.25, 0.3) is 16.5 Å². The van der Waals surface area contributed by atoms with Crippen molar-refractivity contribution >= 4 is 28.5 Å². The van der Waals surface area contributed by atoms with Gasteiger partial charge in [-0.15, -0.1) is 5.73 Å². The minimum absolute atomic E-state index is 0.0545. The number of aromatic nitrogens is 1. The van der Waals surface area contributed by atoms with E-state index in [1.807, 2.05) is 37.4 Å². The lowest BCUT2D eigenvalue weighted by atomic mass is 9.70. The summed E-state index contributed by atoms with van der Waals surface area (Å²) in [7, 11) is 0. The summed E-state index contributed by atoms with van der Waals surface area (Å²) in [5, 5.41) is 1.06. The number of fused-ring (bicyclic) bond motifs is 3. The average molecular weight is 344 g/mol. The molecule has 1 aliphatic rings. The molecule has 1 N–H and O–H groups in total. The van der Waals surface area contributed by atoms with Gasteiger partial charge < -0.3 is 4.98 Å². The molecule has 0 bridgehead atoms. The molecule has 3 heteroatoms. The van der Waals surface area contributed by atoms with Gasteiger partial charge in [0, 0.05) is 57.0 Å². The fourth-order valence-electron chi connectivity index (χ4n) is 3.75. The topological polar surface area (TPSA) is 45.2 Å². The van der Waals surface area contributed by atoms with E-state index in [1.165, 1.54) is 0 Å². The normalized spacial score (nSPS) is 16.1. The van der Waals surface area contributed by atoms with Crippen molar-refractivity contribution in [2.24, 2.45) is 4.99 Å². The molecule has 0 amide bonds. The lowest BCUT2D eigenvalue weighted by Crippen LogP contribution is -2.27. The maximum absolute atomic E-state index is 11.8. The van der Waals surface area contributed by atoms with Gasteiger partial charge in [0.15, 0.2) is 5.78 Å². The monoisotopic (exact) mass is 344 g/mol. The smallest absolute Gasteiger partial charge is 0.159 e. The molecular formula is C23H24N2O. The van der Waals surface area contributed by atoms with E-state index in [0.29, 0.717) is 12.1 Å². The Morgan fingerprint density at radius 2 is 2.12 bits per heavy atom. The van der Waals surface area contributed by atoms with E-state index >= 15 is 0 Å². The van der Waals surface area contributed by atoms with Crippen molar-refractivity contribution in [1.29, 1.82) is 0 Å². The molecule has 1 aromatic carbocycles. The van der Waals surface area contributed by atoms with Gasteiger partial charge in [0.1, 0.15) is 0 Å². The summed E-state index contributed by atoms with van der Waals surface area (Å²) in [4.78, 5) is 19.8. The molecule has 2 aromatic rings. The third kappa shape index (κ3) is 2.53. The standard InChI is InChI=1S/C23H24N2O/c1-7-16-18(13-24-9-3)19(8-2)23(5,6)22-21(16)17-11-10-15(14(4)26)12-20(17)25-22/h8,10-13,25H,1-2,9H2,3-6H3/b24-13-. The Morgan fingerprint density at radius 3 is 2.69 bits per heavy atom. The molecule has 3 nitrogen and oxygen atoms in total. The molecule has 0 saturated heterocycles. The van der Waals surface area contributed by atoms with Crippen molar-refractivity contribution in [3.05, 3.63) is 71.1 Å². The van der Waals surface area contributed by atoms with E-state index in [0.717, 1.165) is 38.9 Å². The summed E-state index contributed by atoms with van der Waals surface area (Å²) < 4.78 is 0. The zero-order chi connectivity index (χ0) is 19.1. The van der Waals surface area contributed by atoms with Gasteiger partial charge in [-0.1, -0.05) is 45.2 Å². The van der Waals surface area contributed by atoms with Gasteiger partial charge in [-0.25, -0.2) is 0 Å². The molecule has 0 fully saturated rings. The van der Waals surface area contributed by atoms with Gasteiger partial charge in [-0.2, -0.15) is 0 Å². The minimum atomic E-state index is -0.276. The Bertz CT molecular complexity index is 1040. The van der Waals surface area contributed by atoms with Crippen LogP contribution < -0.4 is 0 Å². The fraction of sp³-hybridized carbons (Fsp3) is 0.261. The third-order valence-electron chi connectivity index (χ3n) is 5.10. The van der Waals surface area contributed by atoms with Crippen LogP contribution >= 0.6 is 0 Å². The fourth-order valence-corrected chi connectivity index (χ4v) is 3.75. The lowest BCUT2D eigenvalue weighted by Gasteiger charge is -2.33. The van der Waals surface area contributed by atoms with Crippen molar-refractivity contribution in [1.82, 2.24) is 4.98 Å². The van der Waals surface area contributed by atoms with Crippen LogP contribution in [0, 0.1) is 0 Å². The van der Waals surface area contributed by atoms with Crippen molar-refractivity contribution < 1.29 is 4.79 Å². The zero-order valence-electron chi connectivity index (χ0n) is 15.9. The molecule has 0 radical (unpaired) electrons. The second-order valence-corrected chi connectivity index (χ2v) is 7.03. The number of H-pyrrole nitrogens is 1. The van der Waals surface area contributed by atoms with E-state index in [9.17, 15) is 4.79 Å². The number of nitrogens with one attached hydrogen (secondary N) is 1. The number of aliphatic imine (C=N–C) groups is 1. The lowest BCUT2D eigenvalue weighted by molar-refractivity contribution is 0.101. The van der Waals surface area contributed by atoms with E-state index in [4.69, 9.17) is 0 Å². The SMILES string of the molecule is C=C=C1C(/C=N\CC)=C(C=C)C(C)(C)c2[nH]c3cc(C(C)=O)ccc3c21. The largest absolute Gasteiger partial charge is 0.357 e. The molecule has 0 aliphatic heterocycles. The number of hydrogen-bond donors (Lipinski definition) is 1.